The molecule has 3 aromatic rings. The van der Waals surface area contributed by atoms with Crippen molar-refractivity contribution in [3.8, 4) is 0 Å². The average molecular weight is 682 g/mol. The number of sulfonamides is 1. The van der Waals surface area contributed by atoms with Gasteiger partial charge in [0.05, 0.1) is 18.1 Å². The van der Waals surface area contributed by atoms with Crippen LogP contribution in [0.4, 0.5) is 31.9 Å². The van der Waals surface area contributed by atoms with Gasteiger partial charge in [0.2, 0.25) is 16.0 Å². The first-order valence-electron chi connectivity index (χ1n) is 15.3. The van der Waals surface area contributed by atoms with Crippen LogP contribution in [0.15, 0.2) is 59.6 Å². The van der Waals surface area contributed by atoms with Crippen LogP contribution in [0.25, 0.3) is 0 Å². The van der Waals surface area contributed by atoms with Crippen LogP contribution in [0.1, 0.15) is 33.1 Å². The molecular weight excluding hydrogens is 639 g/mol. The zero-order valence-corrected chi connectivity index (χ0v) is 27.8. The predicted molar refractivity (Wildman–Crippen MR) is 174 cm³/mol. The molecule has 0 amide bonds. The molecule has 1 aromatic heterocycles. The van der Waals surface area contributed by atoms with Crippen molar-refractivity contribution in [2.45, 2.75) is 44.0 Å². The number of benzene rings is 2. The van der Waals surface area contributed by atoms with Gasteiger partial charge in [0.15, 0.2) is 11.6 Å². The molecule has 1 unspecified atom stereocenters. The topological polar surface area (TPSA) is 152 Å². The van der Waals surface area contributed by atoms with Gasteiger partial charge in [-0.1, -0.05) is 6.92 Å². The Hall–Kier alpha value is -3.04. The molecule has 0 aliphatic carbocycles. The smallest absolute Gasteiger partial charge is 0.330 e. The van der Waals surface area contributed by atoms with Gasteiger partial charge in [-0.2, -0.15) is 9.29 Å². The number of anilines is 4. The highest BCUT2D eigenvalue weighted by molar-refractivity contribution is 7.89. The van der Waals surface area contributed by atoms with E-state index in [0.717, 1.165) is 12.1 Å². The molecule has 16 heteroatoms. The molecule has 0 radical (unpaired) electrons. The fourth-order valence-corrected chi connectivity index (χ4v) is 8.00. The molecule has 1 saturated heterocycles. The van der Waals surface area contributed by atoms with Gasteiger partial charge >= 0.3 is 7.60 Å². The molecule has 4 N–H and O–H groups in total. The van der Waals surface area contributed by atoms with E-state index in [1.165, 1.54) is 24.4 Å². The summed E-state index contributed by atoms with van der Waals surface area (Å²) in [5.41, 5.74) is 6.64. The number of nitrogens with zero attached hydrogens (tertiary/aromatic N) is 4. The molecular formula is C30H42F2N7O5PS. The number of halogens is 2. The van der Waals surface area contributed by atoms with Gasteiger partial charge in [-0.15, -0.1) is 0 Å². The first-order chi connectivity index (χ1) is 22.1. The van der Waals surface area contributed by atoms with E-state index in [1.54, 1.807) is 36.4 Å². The van der Waals surface area contributed by atoms with Crippen molar-refractivity contribution in [3.05, 3.63) is 66.4 Å². The third-order valence-electron chi connectivity index (χ3n) is 7.52. The lowest BCUT2D eigenvalue weighted by molar-refractivity contribution is 0.129. The first-order valence-corrected chi connectivity index (χ1v) is 18.5. The van der Waals surface area contributed by atoms with Crippen LogP contribution in [-0.2, 0) is 23.6 Å². The number of rotatable bonds is 17. The number of hydrogen-bond donors (Lipinski definition) is 3. The summed E-state index contributed by atoms with van der Waals surface area (Å²) in [7, 11) is -6.89. The van der Waals surface area contributed by atoms with Crippen LogP contribution in [0, 0.1) is 11.6 Å². The number of nitrogens with one attached hydrogen (secondary N) is 2. The number of hydrogen-bond acceptors (Lipinski definition) is 11. The molecule has 1 atom stereocenters. The molecule has 46 heavy (non-hydrogen) atoms. The highest BCUT2D eigenvalue weighted by Crippen LogP contribution is 2.47. The minimum Gasteiger partial charge on any atom is -0.340 e. The van der Waals surface area contributed by atoms with Crippen LogP contribution in [0.3, 0.4) is 0 Å². The summed E-state index contributed by atoms with van der Waals surface area (Å²) < 4.78 is 79.5. The highest BCUT2D eigenvalue weighted by Gasteiger charge is 2.33. The molecule has 0 saturated carbocycles. The molecule has 4 rings (SSSR count). The second kappa shape index (κ2) is 16.7. The van der Waals surface area contributed by atoms with E-state index in [0.29, 0.717) is 81.9 Å². The van der Waals surface area contributed by atoms with Crippen molar-refractivity contribution in [1.82, 2.24) is 19.2 Å². The SMILES string of the molecule is CCOP(=O)(CC)OCCN1CCC(N(CCCN)S(=O)(=O)c2ccc(Nc3nccc(Nc4ccc(F)c(F)c4)n3)cc2)CC1. The van der Waals surface area contributed by atoms with Crippen LogP contribution >= 0.6 is 7.60 Å². The average Bonchev–Trinajstić information content (AvgIpc) is 3.04. The number of piperidine rings is 1. The summed E-state index contributed by atoms with van der Waals surface area (Å²) in [5, 5.41) is 5.93. The maximum absolute atomic E-state index is 13.8. The Bertz CT molecular complexity index is 1580. The van der Waals surface area contributed by atoms with Crippen molar-refractivity contribution in [2.75, 3.05) is 62.7 Å². The molecule has 1 aliphatic heterocycles. The van der Waals surface area contributed by atoms with Gasteiger partial charge in [0.1, 0.15) is 5.82 Å². The Morgan fingerprint density at radius 3 is 2.39 bits per heavy atom. The van der Waals surface area contributed by atoms with Gasteiger partial charge < -0.3 is 30.3 Å². The number of aromatic nitrogens is 2. The minimum atomic E-state index is -3.82. The third kappa shape index (κ3) is 9.74. The zero-order chi connectivity index (χ0) is 33.2. The molecule has 252 valence electrons. The van der Waals surface area contributed by atoms with Gasteiger partial charge in [-0.3, -0.25) is 4.57 Å². The number of nitrogens with two attached hydrogens (primary N) is 1. The summed E-state index contributed by atoms with van der Waals surface area (Å²) in [5.74, 6) is -1.36. The van der Waals surface area contributed by atoms with E-state index < -0.39 is 29.3 Å². The lowest BCUT2D eigenvalue weighted by Crippen LogP contribution is -2.48. The third-order valence-corrected chi connectivity index (χ3v) is 11.5. The highest BCUT2D eigenvalue weighted by atomic mass is 32.2. The molecule has 1 aliphatic rings. The fourth-order valence-electron chi connectivity index (χ4n) is 5.09. The Morgan fingerprint density at radius 2 is 1.74 bits per heavy atom. The van der Waals surface area contributed by atoms with Gasteiger partial charge in [-0.05, 0) is 88.3 Å². The summed E-state index contributed by atoms with van der Waals surface area (Å²) in [4.78, 5) is 10.9. The predicted octanol–water partition coefficient (Wildman–Crippen LogP) is 5.31. The lowest BCUT2D eigenvalue weighted by atomic mass is 10.0. The monoisotopic (exact) mass is 681 g/mol. The normalized spacial score (nSPS) is 16.0. The van der Waals surface area contributed by atoms with Gasteiger partial charge in [0.25, 0.3) is 0 Å². The van der Waals surface area contributed by atoms with Crippen molar-refractivity contribution in [2.24, 2.45) is 5.73 Å². The Kier molecular flexibility index (Phi) is 13.0. The van der Waals surface area contributed by atoms with Gasteiger partial charge in [0, 0.05) is 48.9 Å². The lowest BCUT2D eigenvalue weighted by Gasteiger charge is -2.38. The quantitative estimate of drug-likeness (QED) is 0.159. The summed E-state index contributed by atoms with van der Waals surface area (Å²) in [6.07, 6.45) is 3.63. The molecule has 2 heterocycles. The van der Waals surface area contributed by atoms with E-state index in [9.17, 15) is 21.8 Å². The molecule has 0 spiro atoms. The second-order valence-corrected chi connectivity index (χ2v) is 14.9. The Balaban J connectivity index is 1.37. The van der Waals surface area contributed by atoms with E-state index in [4.69, 9.17) is 14.8 Å². The second-order valence-electron chi connectivity index (χ2n) is 10.7. The van der Waals surface area contributed by atoms with Crippen LogP contribution in [0.5, 0.6) is 0 Å². The zero-order valence-electron chi connectivity index (χ0n) is 26.1. The van der Waals surface area contributed by atoms with Crippen LogP contribution in [-0.4, -0.2) is 85.7 Å². The summed E-state index contributed by atoms with van der Waals surface area (Å²) in [6, 6.07) is 11.2. The maximum Gasteiger partial charge on any atom is 0.330 e. The molecule has 12 nitrogen and oxygen atoms in total. The van der Waals surface area contributed by atoms with Crippen molar-refractivity contribution >= 4 is 40.8 Å². The van der Waals surface area contributed by atoms with E-state index in [1.807, 2.05) is 0 Å². The standard InChI is InChI=1S/C30H42F2N7O5PS/c1-3-43-45(40,4-2)44-21-20-38-18-13-25(14-19-38)39(17-5-15-33)46(41,42)26-9-6-23(7-10-26)36-30-34-16-12-29(37-30)35-24-8-11-27(31)28(32)22-24/h6-12,16,22,25H,3-5,13-15,17-21,33H2,1-2H3,(H2,34,35,36,37). The maximum atomic E-state index is 13.8. The fraction of sp³-hybridized carbons (Fsp3) is 0.467. The largest absolute Gasteiger partial charge is 0.340 e. The molecule has 0 bridgehead atoms. The van der Waals surface area contributed by atoms with E-state index >= 15 is 0 Å². The Labute approximate surface area is 269 Å². The van der Waals surface area contributed by atoms with E-state index in [2.05, 4.69) is 25.5 Å². The Morgan fingerprint density at radius 1 is 1.02 bits per heavy atom. The van der Waals surface area contributed by atoms with Crippen molar-refractivity contribution in [3.63, 3.8) is 0 Å². The minimum absolute atomic E-state index is 0.159. The first kappa shape index (κ1) is 35.8. The summed E-state index contributed by atoms with van der Waals surface area (Å²) in [6.45, 7) is 6.79. The molecule has 1 fully saturated rings. The molecule has 2 aromatic carbocycles. The summed E-state index contributed by atoms with van der Waals surface area (Å²) >= 11 is 0. The van der Waals surface area contributed by atoms with Crippen LogP contribution < -0.4 is 16.4 Å². The van der Waals surface area contributed by atoms with Crippen molar-refractivity contribution in [1.29, 1.82) is 0 Å². The van der Waals surface area contributed by atoms with Crippen molar-refractivity contribution < 1.29 is 30.8 Å². The van der Waals surface area contributed by atoms with Gasteiger partial charge in [-0.25, -0.2) is 22.2 Å². The van der Waals surface area contributed by atoms with E-state index in [-0.39, 0.29) is 23.5 Å². The number of likely N-dealkylation sites (tertiary alicyclic amines) is 1. The van der Waals surface area contributed by atoms with Crippen LogP contribution in [0.2, 0.25) is 0 Å².